The number of nitrogens with zero attached hydrogens (tertiary/aromatic N) is 1. The summed E-state index contributed by atoms with van der Waals surface area (Å²) < 4.78 is 0. The molecule has 0 bridgehead atoms. The molecule has 2 unspecified atom stereocenters. The van der Waals surface area contributed by atoms with Gasteiger partial charge in [0.15, 0.2) is 0 Å². The maximum Gasteiger partial charge on any atom is 0.0679 e. The van der Waals surface area contributed by atoms with Crippen molar-refractivity contribution in [2.75, 3.05) is 19.6 Å². The van der Waals surface area contributed by atoms with Crippen LogP contribution in [0.25, 0.3) is 0 Å². The van der Waals surface area contributed by atoms with E-state index in [1.807, 2.05) is 0 Å². The van der Waals surface area contributed by atoms with Crippen LogP contribution in [0.1, 0.15) is 30.0 Å². The first kappa shape index (κ1) is 11.2. The monoisotopic (exact) mass is 232 g/mol. The smallest absolute Gasteiger partial charge is 0.0679 e. The van der Waals surface area contributed by atoms with Crippen LogP contribution in [-0.4, -0.2) is 35.7 Å². The normalized spacial score (nSPS) is 29.9. The van der Waals surface area contributed by atoms with E-state index in [4.69, 9.17) is 0 Å². The summed E-state index contributed by atoms with van der Waals surface area (Å²) in [6.45, 7) is 3.90. The first-order valence-corrected chi connectivity index (χ1v) is 6.55. The molecular weight excluding hydrogens is 212 g/mol. The Morgan fingerprint density at radius 2 is 2.12 bits per heavy atom. The highest BCUT2D eigenvalue weighted by atomic mass is 16.3. The molecular formula is C14H20N2O. The summed E-state index contributed by atoms with van der Waals surface area (Å²) in [4.78, 5) is 2.44. The highest BCUT2D eigenvalue weighted by Gasteiger charge is 2.29. The Morgan fingerprint density at radius 1 is 1.24 bits per heavy atom. The van der Waals surface area contributed by atoms with Crippen molar-refractivity contribution in [2.45, 2.75) is 31.5 Å². The fraction of sp³-hybridized carbons (Fsp3) is 0.571. The van der Waals surface area contributed by atoms with Crippen LogP contribution in [0.3, 0.4) is 0 Å². The molecule has 0 spiro atoms. The molecule has 0 aromatic heterocycles. The zero-order valence-corrected chi connectivity index (χ0v) is 10.1. The van der Waals surface area contributed by atoms with E-state index in [0.29, 0.717) is 6.04 Å². The minimum atomic E-state index is -0.127. The molecule has 2 heterocycles. The third kappa shape index (κ3) is 2.23. The second-order valence-corrected chi connectivity index (χ2v) is 5.12. The summed E-state index contributed by atoms with van der Waals surface area (Å²) >= 11 is 0. The summed E-state index contributed by atoms with van der Waals surface area (Å²) in [5.74, 6) is 0. The lowest BCUT2D eigenvalue weighted by molar-refractivity contribution is 0.156. The maximum atomic E-state index is 9.69. The number of hydrogen-bond donors (Lipinski definition) is 2. The van der Waals surface area contributed by atoms with Crippen molar-refractivity contribution >= 4 is 0 Å². The van der Waals surface area contributed by atoms with E-state index in [0.717, 1.165) is 39.0 Å². The van der Waals surface area contributed by atoms with Gasteiger partial charge in [-0.05, 0) is 30.5 Å². The molecule has 3 rings (SSSR count). The highest BCUT2D eigenvalue weighted by Crippen LogP contribution is 2.31. The van der Waals surface area contributed by atoms with E-state index in [1.54, 1.807) is 0 Å². The van der Waals surface area contributed by atoms with Crippen LogP contribution in [0.5, 0.6) is 0 Å². The lowest BCUT2D eigenvalue weighted by atomic mass is 9.98. The van der Waals surface area contributed by atoms with Gasteiger partial charge in [0.2, 0.25) is 0 Å². The van der Waals surface area contributed by atoms with E-state index in [1.165, 1.54) is 11.1 Å². The summed E-state index contributed by atoms with van der Waals surface area (Å²) in [5, 5.41) is 13.2. The van der Waals surface area contributed by atoms with Crippen molar-refractivity contribution in [1.82, 2.24) is 10.2 Å². The quantitative estimate of drug-likeness (QED) is 0.766. The van der Waals surface area contributed by atoms with Gasteiger partial charge in [0.05, 0.1) is 6.10 Å². The predicted molar refractivity (Wildman–Crippen MR) is 67.7 cm³/mol. The molecule has 0 radical (unpaired) electrons. The molecule has 3 heteroatoms. The minimum Gasteiger partial charge on any atom is -0.392 e. The number of aliphatic hydroxyl groups excluding tert-OH is 1. The van der Waals surface area contributed by atoms with Crippen molar-refractivity contribution in [1.29, 1.82) is 0 Å². The van der Waals surface area contributed by atoms with Gasteiger partial charge in [-0.15, -0.1) is 0 Å². The van der Waals surface area contributed by atoms with Crippen molar-refractivity contribution in [3.05, 3.63) is 35.4 Å². The lowest BCUT2D eigenvalue weighted by Crippen LogP contribution is -2.28. The standard InChI is InChI=1S/C14H20N2O/c17-12-6-8-16(10-12)14-5-7-15-9-11-3-1-2-4-13(11)14/h1-4,12,14-15,17H,5-10H2. The third-order valence-corrected chi connectivity index (χ3v) is 3.96. The number of benzene rings is 1. The molecule has 1 aromatic rings. The van der Waals surface area contributed by atoms with Crippen LogP contribution in [0.15, 0.2) is 24.3 Å². The van der Waals surface area contributed by atoms with Gasteiger partial charge >= 0.3 is 0 Å². The summed E-state index contributed by atoms with van der Waals surface area (Å²) in [7, 11) is 0. The van der Waals surface area contributed by atoms with Gasteiger partial charge < -0.3 is 10.4 Å². The predicted octanol–water partition coefficient (Wildman–Crippen LogP) is 1.29. The topological polar surface area (TPSA) is 35.5 Å². The average Bonchev–Trinajstić information content (AvgIpc) is 2.66. The third-order valence-electron chi connectivity index (χ3n) is 3.96. The molecule has 0 amide bonds. The summed E-state index contributed by atoms with van der Waals surface area (Å²) in [6.07, 6.45) is 1.94. The van der Waals surface area contributed by atoms with Crippen LogP contribution < -0.4 is 5.32 Å². The Labute approximate surface area is 102 Å². The van der Waals surface area contributed by atoms with Crippen molar-refractivity contribution in [3.8, 4) is 0 Å². The highest BCUT2D eigenvalue weighted by molar-refractivity contribution is 5.31. The van der Waals surface area contributed by atoms with Crippen molar-refractivity contribution in [3.63, 3.8) is 0 Å². The molecule has 1 aromatic carbocycles. The number of hydrogen-bond acceptors (Lipinski definition) is 3. The Hall–Kier alpha value is -0.900. The average molecular weight is 232 g/mol. The second-order valence-electron chi connectivity index (χ2n) is 5.12. The minimum absolute atomic E-state index is 0.127. The Balaban J connectivity index is 1.89. The fourth-order valence-corrected chi connectivity index (χ4v) is 3.07. The Morgan fingerprint density at radius 3 is 2.94 bits per heavy atom. The van der Waals surface area contributed by atoms with Crippen LogP contribution in [0.2, 0.25) is 0 Å². The molecule has 2 aliphatic rings. The van der Waals surface area contributed by atoms with Crippen LogP contribution in [0, 0.1) is 0 Å². The van der Waals surface area contributed by atoms with Crippen molar-refractivity contribution < 1.29 is 5.11 Å². The molecule has 92 valence electrons. The number of aliphatic hydroxyl groups is 1. The van der Waals surface area contributed by atoms with E-state index >= 15 is 0 Å². The van der Waals surface area contributed by atoms with Crippen LogP contribution in [0.4, 0.5) is 0 Å². The Bertz CT molecular complexity index is 394. The van der Waals surface area contributed by atoms with E-state index in [9.17, 15) is 5.11 Å². The second kappa shape index (κ2) is 4.77. The number of nitrogens with one attached hydrogen (secondary N) is 1. The van der Waals surface area contributed by atoms with E-state index in [2.05, 4.69) is 34.5 Å². The largest absolute Gasteiger partial charge is 0.392 e. The Kier molecular flexibility index (Phi) is 3.14. The summed E-state index contributed by atoms with van der Waals surface area (Å²) in [5.41, 5.74) is 2.86. The number of fused-ring (bicyclic) bond motifs is 1. The SMILES string of the molecule is OC1CCN(C2CCNCc3ccccc32)C1. The zero-order chi connectivity index (χ0) is 11.7. The summed E-state index contributed by atoms with van der Waals surface area (Å²) in [6, 6.07) is 9.19. The molecule has 2 atom stereocenters. The fourth-order valence-electron chi connectivity index (χ4n) is 3.07. The zero-order valence-electron chi connectivity index (χ0n) is 10.1. The molecule has 17 heavy (non-hydrogen) atoms. The maximum absolute atomic E-state index is 9.69. The number of likely N-dealkylation sites (tertiary alicyclic amines) is 1. The first-order valence-electron chi connectivity index (χ1n) is 6.55. The van der Waals surface area contributed by atoms with E-state index < -0.39 is 0 Å². The first-order chi connectivity index (χ1) is 8.34. The van der Waals surface area contributed by atoms with Gasteiger partial charge in [0, 0.05) is 25.7 Å². The van der Waals surface area contributed by atoms with Gasteiger partial charge in [-0.25, -0.2) is 0 Å². The van der Waals surface area contributed by atoms with Crippen LogP contribution in [-0.2, 0) is 6.54 Å². The molecule has 2 N–H and O–H groups in total. The van der Waals surface area contributed by atoms with Gasteiger partial charge in [-0.2, -0.15) is 0 Å². The number of β-amino-alcohol motifs (C(OH)–C–C–N with tert-alkyl or cyclic N) is 1. The molecule has 0 aliphatic carbocycles. The molecule has 1 fully saturated rings. The van der Waals surface area contributed by atoms with Crippen LogP contribution >= 0.6 is 0 Å². The van der Waals surface area contributed by atoms with Gasteiger partial charge in [0.1, 0.15) is 0 Å². The van der Waals surface area contributed by atoms with Crippen molar-refractivity contribution in [2.24, 2.45) is 0 Å². The molecule has 2 aliphatic heterocycles. The van der Waals surface area contributed by atoms with Gasteiger partial charge in [0.25, 0.3) is 0 Å². The molecule has 3 nitrogen and oxygen atoms in total. The van der Waals surface area contributed by atoms with E-state index in [-0.39, 0.29) is 6.10 Å². The number of rotatable bonds is 1. The molecule has 1 saturated heterocycles. The van der Waals surface area contributed by atoms with Gasteiger partial charge in [-0.3, -0.25) is 4.90 Å². The van der Waals surface area contributed by atoms with Gasteiger partial charge in [-0.1, -0.05) is 24.3 Å². The molecule has 0 saturated carbocycles. The lowest BCUT2D eigenvalue weighted by Gasteiger charge is -2.27.